The molecule has 0 bridgehead atoms. The number of rotatable bonds is 7. The molecule has 0 amide bonds. The lowest BCUT2D eigenvalue weighted by Gasteiger charge is -2.13. The van der Waals surface area contributed by atoms with Gasteiger partial charge in [0.2, 0.25) is 0 Å². The first-order valence-electron chi connectivity index (χ1n) is 18.9. The van der Waals surface area contributed by atoms with Crippen LogP contribution in [-0.4, -0.2) is 15.0 Å². The summed E-state index contributed by atoms with van der Waals surface area (Å²) < 4.78 is 0. The van der Waals surface area contributed by atoms with E-state index in [0.29, 0.717) is 17.5 Å². The summed E-state index contributed by atoms with van der Waals surface area (Å²) in [6.07, 6.45) is 0. The number of nitrogens with zero attached hydrogens (tertiary/aromatic N) is 3. The van der Waals surface area contributed by atoms with Crippen molar-refractivity contribution in [2.45, 2.75) is 0 Å². The average molecular weight is 714 g/mol. The fourth-order valence-electron chi connectivity index (χ4n) is 7.65. The van der Waals surface area contributed by atoms with E-state index in [2.05, 4.69) is 200 Å². The van der Waals surface area contributed by atoms with Crippen molar-refractivity contribution in [2.75, 3.05) is 0 Å². The van der Waals surface area contributed by atoms with Crippen molar-refractivity contribution >= 4 is 21.5 Å². The SMILES string of the molecule is c1ccc(-c2ccc(-c3nc(-c4cccc(-c5ccc(-c6ccccc6)c6ccccc56)c4)nc(-c4ccc5ccc(-c6ccccc6)cc5c4)n3)cc2)cc1. The van der Waals surface area contributed by atoms with Crippen molar-refractivity contribution in [1.29, 1.82) is 0 Å². The maximum Gasteiger partial charge on any atom is 0.164 e. The Morgan fingerprint density at radius 2 is 0.607 bits per heavy atom. The number of hydrogen-bond acceptors (Lipinski definition) is 3. The monoisotopic (exact) mass is 713 g/mol. The minimum absolute atomic E-state index is 0.627. The van der Waals surface area contributed by atoms with Crippen LogP contribution in [0.1, 0.15) is 0 Å². The lowest BCUT2D eigenvalue weighted by atomic mass is 9.91. The summed E-state index contributed by atoms with van der Waals surface area (Å²) in [4.78, 5) is 15.5. The number of benzene rings is 9. The first kappa shape index (κ1) is 33.1. The first-order valence-corrected chi connectivity index (χ1v) is 18.9. The van der Waals surface area contributed by atoms with Crippen molar-refractivity contribution in [3.63, 3.8) is 0 Å². The molecule has 9 aromatic carbocycles. The lowest BCUT2D eigenvalue weighted by Crippen LogP contribution is -2.00. The van der Waals surface area contributed by atoms with Gasteiger partial charge >= 0.3 is 0 Å². The zero-order chi connectivity index (χ0) is 37.3. The average Bonchev–Trinajstić information content (AvgIpc) is 3.29. The van der Waals surface area contributed by atoms with Crippen LogP contribution >= 0.6 is 0 Å². The first-order chi connectivity index (χ1) is 27.7. The second kappa shape index (κ2) is 14.4. The number of hydrogen-bond donors (Lipinski definition) is 0. The van der Waals surface area contributed by atoms with E-state index in [0.717, 1.165) is 44.2 Å². The summed E-state index contributed by atoms with van der Waals surface area (Å²) in [7, 11) is 0. The van der Waals surface area contributed by atoms with Crippen LogP contribution in [0.3, 0.4) is 0 Å². The van der Waals surface area contributed by atoms with Gasteiger partial charge in [0.05, 0.1) is 0 Å². The molecular formula is C53H35N3. The van der Waals surface area contributed by atoms with E-state index in [1.807, 2.05) is 12.1 Å². The zero-order valence-electron chi connectivity index (χ0n) is 30.5. The molecule has 3 heteroatoms. The number of fused-ring (bicyclic) bond motifs is 2. The Hall–Kier alpha value is -7.49. The molecule has 0 atom stereocenters. The molecule has 0 fully saturated rings. The van der Waals surface area contributed by atoms with Crippen LogP contribution in [-0.2, 0) is 0 Å². The van der Waals surface area contributed by atoms with E-state index in [1.165, 1.54) is 38.6 Å². The van der Waals surface area contributed by atoms with Crippen LogP contribution in [0.25, 0.3) is 100 Å². The normalized spacial score (nSPS) is 11.2. The van der Waals surface area contributed by atoms with Crippen LogP contribution in [0.2, 0.25) is 0 Å². The maximum absolute atomic E-state index is 5.18. The third-order valence-electron chi connectivity index (χ3n) is 10.5. The van der Waals surface area contributed by atoms with Crippen molar-refractivity contribution in [3.8, 4) is 78.7 Å². The molecule has 0 spiro atoms. The highest BCUT2D eigenvalue weighted by Crippen LogP contribution is 2.37. The molecule has 3 nitrogen and oxygen atoms in total. The molecule has 0 unspecified atom stereocenters. The van der Waals surface area contributed by atoms with Gasteiger partial charge in [-0.15, -0.1) is 0 Å². The summed E-state index contributed by atoms with van der Waals surface area (Å²) >= 11 is 0. The minimum atomic E-state index is 0.627. The standard InChI is InChI=1S/C53H35N3/c1-4-13-36(14-5-1)38-23-27-41(28-24-38)51-54-52(56-53(55-51)45-30-26-39-25-29-42(33-46(39)35-45)37-15-6-2-7-16-37)44-20-12-19-43(34-44)48-32-31-47(40-17-8-3-9-18-40)49-21-10-11-22-50(48)49/h1-35H. The summed E-state index contributed by atoms with van der Waals surface area (Å²) in [5.74, 6) is 1.89. The largest absolute Gasteiger partial charge is 0.208 e. The van der Waals surface area contributed by atoms with Gasteiger partial charge in [-0.3, -0.25) is 0 Å². The van der Waals surface area contributed by atoms with Crippen LogP contribution in [0.5, 0.6) is 0 Å². The predicted octanol–water partition coefficient (Wildman–Crippen LogP) is 13.8. The van der Waals surface area contributed by atoms with Crippen molar-refractivity contribution in [2.24, 2.45) is 0 Å². The summed E-state index contributed by atoms with van der Waals surface area (Å²) in [5, 5.41) is 4.72. The lowest BCUT2D eigenvalue weighted by molar-refractivity contribution is 1.07. The molecule has 0 N–H and O–H groups in total. The van der Waals surface area contributed by atoms with Gasteiger partial charge in [-0.1, -0.05) is 194 Å². The molecule has 10 aromatic rings. The van der Waals surface area contributed by atoms with Gasteiger partial charge in [0.1, 0.15) is 0 Å². The predicted molar refractivity (Wildman–Crippen MR) is 233 cm³/mol. The number of aromatic nitrogens is 3. The van der Waals surface area contributed by atoms with E-state index in [9.17, 15) is 0 Å². The Bertz CT molecular complexity index is 2990. The van der Waals surface area contributed by atoms with E-state index < -0.39 is 0 Å². The van der Waals surface area contributed by atoms with Gasteiger partial charge < -0.3 is 0 Å². The molecule has 0 aliphatic carbocycles. The zero-order valence-corrected chi connectivity index (χ0v) is 30.5. The molecule has 0 aliphatic rings. The van der Waals surface area contributed by atoms with Crippen LogP contribution in [0.4, 0.5) is 0 Å². The van der Waals surface area contributed by atoms with E-state index >= 15 is 0 Å². The van der Waals surface area contributed by atoms with Gasteiger partial charge in [0, 0.05) is 16.7 Å². The van der Waals surface area contributed by atoms with Crippen molar-refractivity contribution in [3.05, 3.63) is 212 Å². The highest BCUT2D eigenvalue weighted by atomic mass is 15.0. The van der Waals surface area contributed by atoms with E-state index in [-0.39, 0.29) is 0 Å². The molecule has 0 radical (unpaired) electrons. The summed E-state index contributed by atoms with van der Waals surface area (Å²) in [5.41, 5.74) is 12.2. The second-order valence-electron chi connectivity index (χ2n) is 14.0. The molecule has 10 rings (SSSR count). The maximum atomic E-state index is 5.18. The highest BCUT2D eigenvalue weighted by molar-refractivity contribution is 6.05. The minimum Gasteiger partial charge on any atom is -0.208 e. The molecule has 262 valence electrons. The summed E-state index contributed by atoms with van der Waals surface area (Å²) in [6, 6.07) is 74.8. The molecule has 1 heterocycles. The van der Waals surface area contributed by atoms with E-state index in [4.69, 9.17) is 15.0 Å². The van der Waals surface area contributed by atoms with Crippen LogP contribution in [0.15, 0.2) is 212 Å². The molecular weight excluding hydrogens is 679 g/mol. The molecule has 0 aliphatic heterocycles. The van der Waals surface area contributed by atoms with Gasteiger partial charge in [0.25, 0.3) is 0 Å². The molecule has 1 aromatic heterocycles. The third-order valence-corrected chi connectivity index (χ3v) is 10.5. The van der Waals surface area contributed by atoms with Gasteiger partial charge in [0.15, 0.2) is 17.5 Å². The fourth-order valence-corrected chi connectivity index (χ4v) is 7.65. The Morgan fingerprint density at radius 1 is 0.214 bits per heavy atom. The van der Waals surface area contributed by atoms with Gasteiger partial charge in [-0.25, -0.2) is 15.0 Å². The Morgan fingerprint density at radius 3 is 1.23 bits per heavy atom. The third kappa shape index (κ3) is 6.42. The Kier molecular flexibility index (Phi) is 8.51. The fraction of sp³-hybridized carbons (Fsp3) is 0. The summed E-state index contributed by atoms with van der Waals surface area (Å²) in [6.45, 7) is 0. The van der Waals surface area contributed by atoms with Crippen molar-refractivity contribution < 1.29 is 0 Å². The molecule has 0 saturated heterocycles. The van der Waals surface area contributed by atoms with E-state index in [1.54, 1.807) is 0 Å². The van der Waals surface area contributed by atoms with Gasteiger partial charge in [-0.2, -0.15) is 0 Å². The Labute approximate surface area is 326 Å². The second-order valence-corrected chi connectivity index (χ2v) is 14.0. The van der Waals surface area contributed by atoms with Crippen LogP contribution in [0, 0.1) is 0 Å². The quantitative estimate of drug-likeness (QED) is 0.165. The Balaban J connectivity index is 1.10. The highest BCUT2D eigenvalue weighted by Gasteiger charge is 2.16. The van der Waals surface area contributed by atoms with Crippen LogP contribution < -0.4 is 0 Å². The van der Waals surface area contributed by atoms with Crippen molar-refractivity contribution in [1.82, 2.24) is 15.0 Å². The molecule has 56 heavy (non-hydrogen) atoms. The van der Waals surface area contributed by atoms with Gasteiger partial charge in [-0.05, 0) is 84.3 Å². The topological polar surface area (TPSA) is 38.7 Å². The smallest absolute Gasteiger partial charge is 0.164 e. The molecule has 0 saturated carbocycles.